The molecule has 2 rings (SSSR count). The number of hydrogen-bond acceptors (Lipinski definition) is 5. The van der Waals surface area contributed by atoms with Gasteiger partial charge in [-0.1, -0.05) is 5.21 Å². The minimum atomic E-state index is -0.118. The van der Waals surface area contributed by atoms with E-state index in [1.165, 1.54) is 16.0 Å². The number of thiophene rings is 1. The van der Waals surface area contributed by atoms with Crippen LogP contribution in [0.15, 0.2) is 16.0 Å². The Morgan fingerprint density at radius 3 is 2.88 bits per heavy atom. The van der Waals surface area contributed by atoms with Gasteiger partial charge in [0.25, 0.3) is 0 Å². The number of nitrogens with zero attached hydrogens (tertiary/aromatic N) is 3. The van der Waals surface area contributed by atoms with Crippen molar-refractivity contribution in [1.29, 1.82) is 0 Å². The van der Waals surface area contributed by atoms with Crippen LogP contribution in [0.2, 0.25) is 0 Å². The molecule has 2 aromatic rings. The molecule has 0 aliphatic carbocycles. The number of aromatic nitrogens is 3. The molecule has 2 aromatic heterocycles. The highest BCUT2D eigenvalue weighted by atomic mass is 79.9. The van der Waals surface area contributed by atoms with E-state index in [2.05, 4.69) is 26.2 Å². The molecule has 0 aliphatic heterocycles. The van der Waals surface area contributed by atoms with Gasteiger partial charge in [-0.2, -0.15) is 0 Å². The monoisotopic (exact) mass is 301 g/mol. The van der Waals surface area contributed by atoms with Crippen LogP contribution >= 0.6 is 27.3 Å². The molecular formula is C9H8BrN3O2S. The third kappa shape index (κ3) is 1.88. The molecule has 16 heavy (non-hydrogen) atoms. The van der Waals surface area contributed by atoms with Gasteiger partial charge in [0.05, 0.1) is 12.0 Å². The fourth-order valence-corrected chi connectivity index (χ4v) is 2.54. The van der Waals surface area contributed by atoms with Crippen LogP contribution in [0.4, 0.5) is 0 Å². The molecule has 84 valence electrons. The lowest BCUT2D eigenvalue weighted by Crippen LogP contribution is -2.07. The van der Waals surface area contributed by atoms with Crippen molar-refractivity contribution in [2.45, 2.75) is 0 Å². The first-order valence-corrected chi connectivity index (χ1v) is 6.03. The van der Waals surface area contributed by atoms with Crippen LogP contribution in [-0.4, -0.2) is 27.9 Å². The zero-order chi connectivity index (χ0) is 11.7. The SMILES string of the molecule is COc1csc(C(=O)c2c(Br)nnn2C)c1. The quantitative estimate of drug-likeness (QED) is 0.812. The van der Waals surface area contributed by atoms with Gasteiger partial charge in [0.2, 0.25) is 5.78 Å². The van der Waals surface area contributed by atoms with Crippen molar-refractivity contribution in [1.82, 2.24) is 15.0 Å². The van der Waals surface area contributed by atoms with E-state index in [-0.39, 0.29) is 5.78 Å². The number of aryl methyl sites for hydroxylation is 1. The summed E-state index contributed by atoms with van der Waals surface area (Å²) in [6.07, 6.45) is 0. The fraction of sp³-hybridized carbons (Fsp3) is 0.222. The summed E-state index contributed by atoms with van der Waals surface area (Å²) in [6.45, 7) is 0. The Balaban J connectivity index is 2.39. The first-order chi connectivity index (χ1) is 7.63. The summed E-state index contributed by atoms with van der Waals surface area (Å²) in [6, 6.07) is 1.70. The summed E-state index contributed by atoms with van der Waals surface area (Å²) in [5.74, 6) is 0.562. The molecule has 0 bridgehead atoms. The molecule has 0 atom stereocenters. The Kier molecular flexibility index (Phi) is 3.06. The van der Waals surface area contributed by atoms with Gasteiger partial charge in [0.15, 0.2) is 4.60 Å². The Hall–Kier alpha value is -1.21. The number of ketones is 1. The standard InChI is InChI=1S/C9H8BrN3O2S/c1-13-7(9(10)11-12-13)8(14)6-3-5(15-2)4-16-6/h3-4H,1-2H3. The van der Waals surface area contributed by atoms with Crippen molar-refractivity contribution in [2.24, 2.45) is 7.05 Å². The van der Waals surface area contributed by atoms with Crippen molar-refractivity contribution in [3.63, 3.8) is 0 Å². The topological polar surface area (TPSA) is 57.0 Å². The summed E-state index contributed by atoms with van der Waals surface area (Å²) >= 11 is 4.53. The number of rotatable bonds is 3. The summed E-state index contributed by atoms with van der Waals surface area (Å²) < 4.78 is 6.93. The lowest BCUT2D eigenvalue weighted by Gasteiger charge is -1.97. The number of carbonyl (C=O) groups is 1. The Bertz CT molecular complexity index is 515. The predicted molar refractivity (Wildman–Crippen MR) is 63.0 cm³/mol. The summed E-state index contributed by atoms with van der Waals surface area (Å²) in [5, 5.41) is 9.32. The number of halogens is 1. The van der Waals surface area contributed by atoms with Crippen molar-refractivity contribution >= 4 is 33.0 Å². The third-order valence-corrected chi connectivity index (χ3v) is 3.48. The van der Waals surface area contributed by atoms with Gasteiger partial charge in [-0.3, -0.25) is 4.79 Å². The molecule has 0 saturated carbocycles. The summed E-state index contributed by atoms with van der Waals surface area (Å²) in [5.41, 5.74) is 0.435. The van der Waals surface area contributed by atoms with Crippen molar-refractivity contribution in [3.8, 4) is 5.75 Å². The van der Waals surface area contributed by atoms with E-state index >= 15 is 0 Å². The molecule has 0 saturated heterocycles. The largest absolute Gasteiger partial charge is 0.496 e. The molecule has 7 heteroatoms. The van der Waals surface area contributed by atoms with E-state index in [0.29, 0.717) is 20.9 Å². The Labute approximate surface area is 104 Å². The molecule has 0 radical (unpaired) electrons. The van der Waals surface area contributed by atoms with Gasteiger partial charge in [-0.25, -0.2) is 4.68 Å². The lowest BCUT2D eigenvalue weighted by atomic mass is 10.2. The number of methoxy groups -OCH3 is 1. The highest BCUT2D eigenvalue weighted by Gasteiger charge is 2.20. The van der Waals surface area contributed by atoms with Crippen LogP contribution in [0.25, 0.3) is 0 Å². The molecule has 5 nitrogen and oxygen atoms in total. The number of ether oxygens (including phenoxy) is 1. The van der Waals surface area contributed by atoms with E-state index in [9.17, 15) is 4.79 Å². The normalized spacial score (nSPS) is 10.4. The summed E-state index contributed by atoms with van der Waals surface area (Å²) in [4.78, 5) is 12.7. The average Bonchev–Trinajstić information content (AvgIpc) is 2.85. The van der Waals surface area contributed by atoms with Crippen LogP contribution in [0, 0.1) is 0 Å². The first-order valence-electron chi connectivity index (χ1n) is 4.36. The molecule has 0 spiro atoms. The minimum absolute atomic E-state index is 0.118. The lowest BCUT2D eigenvalue weighted by molar-refractivity contribution is 0.103. The molecule has 0 fully saturated rings. The number of carbonyl (C=O) groups excluding carboxylic acids is 1. The molecular weight excluding hydrogens is 294 g/mol. The Morgan fingerprint density at radius 2 is 2.38 bits per heavy atom. The molecule has 0 unspecified atom stereocenters. The van der Waals surface area contributed by atoms with Gasteiger partial charge in [-0.05, 0) is 15.9 Å². The molecule has 0 amide bonds. The van der Waals surface area contributed by atoms with Gasteiger partial charge < -0.3 is 4.74 Å². The van der Waals surface area contributed by atoms with Crippen molar-refractivity contribution in [3.05, 3.63) is 26.6 Å². The van der Waals surface area contributed by atoms with E-state index in [1.54, 1.807) is 25.6 Å². The fourth-order valence-electron chi connectivity index (χ4n) is 1.23. The van der Waals surface area contributed by atoms with Crippen molar-refractivity contribution in [2.75, 3.05) is 7.11 Å². The highest BCUT2D eigenvalue weighted by Crippen LogP contribution is 2.25. The molecule has 0 aromatic carbocycles. The van der Waals surface area contributed by atoms with E-state index in [1.807, 2.05) is 0 Å². The van der Waals surface area contributed by atoms with Gasteiger partial charge in [-0.15, -0.1) is 16.4 Å². The second-order valence-electron chi connectivity index (χ2n) is 3.03. The minimum Gasteiger partial charge on any atom is -0.496 e. The third-order valence-electron chi connectivity index (χ3n) is 2.04. The molecule has 2 heterocycles. The Morgan fingerprint density at radius 1 is 1.62 bits per heavy atom. The maximum Gasteiger partial charge on any atom is 0.223 e. The van der Waals surface area contributed by atoms with Crippen LogP contribution in [0.3, 0.4) is 0 Å². The van der Waals surface area contributed by atoms with Gasteiger partial charge >= 0.3 is 0 Å². The van der Waals surface area contributed by atoms with Gasteiger partial charge in [0.1, 0.15) is 11.4 Å². The maximum absolute atomic E-state index is 12.1. The second-order valence-corrected chi connectivity index (χ2v) is 4.69. The zero-order valence-electron chi connectivity index (χ0n) is 8.60. The van der Waals surface area contributed by atoms with E-state index in [0.717, 1.165) is 0 Å². The van der Waals surface area contributed by atoms with Crippen molar-refractivity contribution < 1.29 is 9.53 Å². The van der Waals surface area contributed by atoms with Gasteiger partial charge in [0, 0.05) is 18.5 Å². The molecule has 0 aliphatic rings. The number of hydrogen-bond donors (Lipinski definition) is 0. The smallest absolute Gasteiger partial charge is 0.223 e. The van der Waals surface area contributed by atoms with E-state index < -0.39 is 0 Å². The average molecular weight is 302 g/mol. The second kappa shape index (κ2) is 4.34. The van der Waals surface area contributed by atoms with Crippen LogP contribution < -0.4 is 4.74 Å². The van der Waals surface area contributed by atoms with Crippen LogP contribution in [0.5, 0.6) is 5.75 Å². The van der Waals surface area contributed by atoms with Crippen LogP contribution in [-0.2, 0) is 7.05 Å². The maximum atomic E-state index is 12.1. The first kappa shape index (κ1) is 11.3. The zero-order valence-corrected chi connectivity index (χ0v) is 11.0. The molecule has 0 N–H and O–H groups in total. The van der Waals surface area contributed by atoms with E-state index in [4.69, 9.17) is 4.74 Å². The highest BCUT2D eigenvalue weighted by molar-refractivity contribution is 9.10. The predicted octanol–water partition coefficient (Wildman–Crippen LogP) is 1.88. The summed E-state index contributed by atoms with van der Waals surface area (Å²) in [7, 11) is 3.24. The van der Waals surface area contributed by atoms with Crippen LogP contribution in [0.1, 0.15) is 15.4 Å².